The molecule has 3 aromatic rings. The number of nitrogens with one attached hydrogen (secondary N) is 1. The molecule has 0 aliphatic rings. The second-order valence-corrected chi connectivity index (χ2v) is 9.24. The number of aryl methyl sites for hydroxylation is 1. The largest absolute Gasteiger partial charge is 0.495 e. The van der Waals surface area contributed by atoms with Crippen LogP contribution in [0, 0.1) is 6.92 Å². The second kappa shape index (κ2) is 10.1. The van der Waals surface area contributed by atoms with Gasteiger partial charge in [-0.3, -0.25) is 14.8 Å². The van der Waals surface area contributed by atoms with Gasteiger partial charge in [0.2, 0.25) is 15.9 Å². The van der Waals surface area contributed by atoms with Crippen molar-refractivity contribution in [1.29, 1.82) is 0 Å². The van der Waals surface area contributed by atoms with Gasteiger partial charge in [-0.2, -0.15) is 4.31 Å². The maximum Gasteiger partial charge on any atom is 0.335 e. The van der Waals surface area contributed by atoms with Gasteiger partial charge in [0.15, 0.2) is 0 Å². The monoisotopic (exact) mass is 486 g/mol. The molecule has 0 spiro atoms. The number of para-hydroxylation sites is 2. The molecule has 2 aromatic carbocycles. The van der Waals surface area contributed by atoms with E-state index in [1.807, 2.05) is 0 Å². The van der Waals surface area contributed by atoms with Gasteiger partial charge in [-0.15, -0.1) is 0 Å². The maximum absolute atomic E-state index is 12.7. The zero-order valence-corrected chi connectivity index (χ0v) is 20.1. The lowest BCUT2D eigenvalue weighted by molar-refractivity contribution is 0.401. The van der Waals surface area contributed by atoms with Crippen molar-refractivity contribution in [3.05, 3.63) is 74.4 Å². The zero-order valence-electron chi connectivity index (χ0n) is 19.3. The number of nitrogens with zero attached hydrogens (tertiary/aromatic N) is 3. The van der Waals surface area contributed by atoms with Gasteiger partial charge in [-0.1, -0.05) is 26.0 Å². The Bertz CT molecular complexity index is 1450. The zero-order chi connectivity index (χ0) is 25.0. The SMILES string of the molecule is CCN(CC)S(=O)(=O)c1ccc(N=Cc2c(O)n(-c3ccccc3OC)c(=O)[nH]c2=O)c(C)c1. The van der Waals surface area contributed by atoms with Crippen LogP contribution in [0.4, 0.5) is 5.69 Å². The molecule has 180 valence electrons. The minimum absolute atomic E-state index is 0.137. The van der Waals surface area contributed by atoms with E-state index in [0.29, 0.717) is 30.1 Å². The molecule has 11 heteroatoms. The Morgan fingerprint density at radius 1 is 1.15 bits per heavy atom. The van der Waals surface area contributed by atoms with Crippen molar-refractivity contribution in [3.8, 4) is 17.3 Å². The molecule has 1 aromatic heterocycles. The van der Waals surface area contributed by atoms with E-state index in [2.05, 4.69) is 9.98 Å². The molecule has 0 saturated carbocycles. The third kappa shape index (κ3) is 4.66. The van der Waals surface area contributed by atoms with Gasteiger partial charge in [0, 0.05) is 19.3 Å². The summed E-state index contributed by atoms with van der Waals surface area (Å²) in [5.41, 5.74) is -0.724. The number of aromatic amines is 1. The van der Waals surface area contributed by atoms with Crippen LogP contribution < -0.4 is 16.0 Å². The number of benzene rings is 2. The molecule has 0 fully saturated rings. The Balaban J connectivity index is 2.06. The van der Waals surface area contributed by atoms with E-state index in [-0.39, 0.29) is 16.1 Å². The Kier molecular flexibility index (Phi) is 7.38. The van der Waals surface area contributed by atoms with Crippen molar-refractivity contribution in [3.63, 3.8) is 0 Å². The summed E-state index contributed by atoms with van der Waals surface area (Å²) in [7, 11) is -2.21. The lowest BCUT2D eigenvalue weighted by Crippen LogP contribution is -2.31. The molecular weight excluding hydrogens is 460 g/mol. The number of methoxy groups -OCH3 is 1. The third-order valence-corrected chi connectivity index (χ3v) is 7.34. The van der Waals surface area contributed by atoms with Crippen LogP contribution in [0.25, 0.3) is 5.69 Å². The van der Waals surface area contributed by atoms with Gasteiger partial charge in [0.05, 0.1) is 23.4 Å². The number of aromatic hydroxyl groups is 1. The third-order valence-electron chi connectivity index (χ3n) is 5.29. The Morgan fingerprint density at radius 2 is 1.82 bits per heavy atom. The van der Waals surface area contributed by atoms with Crippen molar-refractivity contribution in [2.75, 3.05) is 20.2 Å². The van der Waals surface area contributed by atoms with E-state index < -0.39 is 27.2 Å². The van der Waals surface area contributed by atoms with Crippen molar-refractivity contribution in [2.45, 2.75) is 25.7 Å². The summed E-state index contributed by atoms with van der Waals surface area (Å²) in [4.78, 5) is 31.4. The number of sulfonamides is 1. The lowest BCUT2D eigenvalue weighted by atomic mass is 10.2. The van der Waals surface area contributed by atoms with Gasteiger partial charge < -0.3 is 9.84 Å². The molecule has 0 saturated heterocycles. The predicted molar refractivity (Wildman–Crippen MR) is 129 cm³/mol. The van der Waals surface area contributed by atoms with Crippen LogP contribution >= 0.6 is 0 Å². The Labute approximate surface area is 196 Å². The van der Waals surface area contributed by atoms with Crippen LogP contribution in [-0.4, -0.2) is 53.8 Å². The van der Waals surface area contributed by atoms with E-state index in [1.165, 1.54) is 29.6 Å². The van der Waals surface area contributed by atoms with Crippen molar-refractivity contribution < 1.29 is 18.3 Å². The quantitative estimate of drug-likeness (QED) is 0.470. The summed E-state index contributed by atoms with van der Waals surface area (Å²) >= 11 is 0. The molecule has 0 unspecified atom stereocenters. The summed E-state index contributed by atoms with van der Waals surface area (Å²) in [5.74, 6) is -0.295. The highest BCUT2D eigenvalue weighted by Gasteiger charge is 2.22. The molecule has 0 atom stereocenters. The number of aliphatic imine (C=N–C) groups is 1. The Hall–Kier alpha value is -3.70. The number of H-pyrrole nitrogens is 1. The molecule has 0 amide bonds. The van der Waals surface area contributed by atoms with Gasteiger partial charge in [0.1, 0.15) is 11.3 Å². The summed E-state index contributed by atoms with van der Waals surface area (Å²) < 4.78 is 33.0. The predicted octanol–water partition coefficient (Wildman–Crippen LogP) is 2.33. The number of rotatable bonds is 8. The lowest BCUT2D eigenvalue weighted by Gasteiger charge is -2.18. The molecular formula is C23H26N4O6S. The minimum atomic E-state index is -3.63. The van der Waals surface area contributed by atoms with Crippen LogP contribution in [-0.2, 0) is 10.0 Å². The standard InChI is InChI=1S/C23H26N4O6S/c1-5-26(6-2)34(31,32)16-11-12-18(15(3)13-16)24-14-17-21(28)25-23(30)27(22(17)29)19-9-7-8-10-20(19)33-4/h7-14,29H,5-6H2,1-4H3,(H,25,28,30). The number of hydrogen-bond acceptors (Lipinski definition) is 7. The first-order valence-corrected chi connectivity index (χ1v) is 12.0. The molecule has 1 heterocycles. The smallest absolute Gasteiger partial charge is 0.335 e. The topological polar surface area (TPSA) is 134 Å². The molecule has 0 aliphatic heterocycles. The number of ether oxygens (including phenoxy) is 1. The van der Waals surface area contributed by atoms with Crippen LogP contribution in [0.2, 0.25) is 0 Å². The van der Waals surface area contributed by atoms with E-state index in [1.54, 1.807) is 45.0 Å². The fraction of sp³-hybridized carbons (Fsp3) is 0.261. The summed E-state index contributed by atoms with van der Waals surface area (Å²) in [6.07, 6.45) is 1.13. The normalized spacial score (nSPS) is 11.9. The summed E-state index contributed by atoms with van der Waals surface area (Å²) in [5, 5.41) is 10.7. The van der Waals surface area contributed by atoms with Crippen LogP contribution in [0.1, 0.15) is 25.0 Å². The van der Waals surface area contributed by atoms with Crippen molar-refractivity contribution in [2.24, 2.45) is 4.99 Å². The highest BCUT2D eigenvalue weighted by atomic mass is 32.2. The summed E-state index contributed by atoms with van der Waals surface area (Å²) in [6, 6.07) is 11.0. The number of aromatic nitrogens is 2. The van der Waals surface area contributed by atoms with E-state index in [4.69, 9.17) is 4.74 Å². The fourth-order valence-corrected chi connectivity index (χ4v) is 5.02. The molecule has 0 radical (unpaired) electrons. The van der Waals surface area contributed by atoms with Gasteiger partial charge in [0.25, 0.3) is 5.56 Å². The molecule has 34 heavy (non-hydrogen) atoms. The maximum atomic E-state index is 12.7. The van der Waals surface area contributed by atoms with Crippen LogP contribution in [0.15, 0.2) is 61.9 Å². The van der Waals surface area contributed by atoms with Gasteiger partial charge in [-0.25, -0.2) is 17.8 Å². The highest BCUT2D eigenvalue weighted by molar-refractivity contribution is 7.89. The second-order valence-electron chi connectivity index (χ2n) is 7.30. The summed E-state index contributed by atoms with van der Waals surface area (Å²) in [6.45, 7) is 5.92. The molecule has 2 N–H and O–H groups in total. The minimum Gasteiger partial charge on any atom is -0.495 e. The molecule has 10 nitrogen and oxygen atoms in total. The van der Waals surface area contributed by atoms with E-state index >= 15 is 0 Å². The molecule has 0 aliphatic carbocycles. The van der Waals surface area contributed by atoms with Crippen LogP contribution in [0.3, 0.4) is 0 Å². The first-order valence-electron chi connectivity index (χ1n) is 10.5. The fourth-order valence-electron chi connectivity index (χ4n) is 3.47. The van der Waals surface area contributed by atoms with Crippen molar-refractivity contribution in [1.82, 2.24) is 13.9 Å². The number of hydrogen-bond donors (Lipinski definition) is 2. The molecule has 3 rings (SSSR count). The van der Waals surface area contributed by atoms with Crippen LogP contribution in [0.5, 0.6) is 11.6 Å². The van der Waals surface area contributed by atoms with E-state index in [9.17, 15) is 23.1 Å². The average Bonchev–Trinajstić information content (AvgIpc) is 2.80. The van der Waals surface area contributed by atoms with E-state index in [0.717, 1.165) is 10.8 Å². The Morgan fingerprint density at radius 3 is 2.44 bits per heavy atom. The van der Waals surface area contributed by atoms with Gasteiger partial charge in [-0.05, 0) is 42.8 Å². The molecule has 0 bridgehead atoms. The highest BCUT2D eigenvalue weighted by Crippen LogP contribution is 2.26. The van der Waals surface area contributed by atoms with Gasteiger partial charge >= 0.3 is 5.69 Å². The van der Waals surface area contributed by atoms with Crippen molar-refractivity contribution >= 4 is 21.9 Å². The average molecular weight is 487 g/mol. The first-order chi connectivity index (χ1) is 16.1. The first kappa shape index (κ1) is 24.9.